The Morgan fingerprint density at radius 1 is 1.32 bits per heavy atom. The van der Waals surface area contributed by atoms with Crippen LogP contribution in [0.3, 0.4) is 0 Å². The van der Waals surface area contributed by atoms with Gasteiger partial charge in [-0.05, 0) is 58.9 Å². The molecule has 2 fully saturated rings. The van der Waals surface area contributed by atoms with E-state index in [0.717, 1.165) is 32.1 Å². The minimum Gasteiger partial charge on any atom is -0.444 e. The molecule has 1 amide bonds. The highest BCUT2D eigenvalue weighted by Crippen LogP contribution is 2.22. The molecule has 1 N–H and O–H groups in total. The van der Waals surface area contributed by atoms with Gasteiger partial charge in [0.05, 0.1) is 0 Å². The molecule has 110 valence electrons. The van der Waals surface area contributed by atoms with Crippen molar-refractivity contribution < 1.29 is 9.53 Å². The van der Waals surface area contributed by atoms with E-state index in [1.54, 1.807) is 0 Å². The summed E-state index contributed by atoms with van der Waals surface area (Å²) in [6.07, 6.45) is 6.21. The van der Waals surface area contributed by atoms with Gasteiger partial charge in [-0.3, -0.25) is 0 Å². The maximum atomic E-state index is 11.9. The van der Waals surface area contributed by atoms with E-state index < -0.39 is 0 Å². The van der Waals surface area contributed by atoms with E-state index >= 15 is 0 Å². The van der Waals surface area contributed by atoms with Gasteiger partial charge in [0.25, 0.3) is 0 Å². The molecule has 4 nitrogen and oxygen atoms in total. The van der Waals surface area contributed by atoms with Crippen molar-refractivity contribution in [1.82, 2.24) is 10.2 Å². The van der Waals surface area contributed by atoms with Gasteiger partial charge in [-0.15, -0.1) is 0 Å². The van der Waals surface area contributed by atoms with Gasteiger partial charge >= 0.3 is 6.09 Å². The summed E-state index contributed by atoms with van der Waals surface area (Å²) in [5, 5.41) is 3.59. The number of hydrogen-bond acceptors (Lipinski definition) is 3. The normalized spacial score (nSPS) is 24.4. The predicted octanol–water partition coefficient (Wildman–Crippen LogP) is 2.78. The second-order valence-corrected chi connectivity index (χ2v) is 6.95. The molecule has 4 heteroatoms. The van der Waals surface area contributed by atoms with Gasteiger partial charge < -0.3 is 15.0 Å². The number of nitrogens with zero attached hydrogens (tertiary/aromatic N) is 1. The first-order chi connectivity index (χ1) is 8.94. The van der Waals surface area contributed by atoms with Crippen molar-refractivity contribution in [2.45, 2.75) is 64.5 Å². The molecule has 0 bridgehead atoms. The monoisotopic (exact) mass is 268 g/mol. The lowest BCUT2D eigenvalue weighted by Crippen LogP contribution is -2.37. The Balaban J connectivity index is 1.63. The Kier molecular flexibility index (Phi) is 4.71. The largest absolute Gasteiger partial charge is 0.444 e. The fraction of sp³-hybridized carbons (Fsp3) is 0.933. The molecule has 1 atom stereocenters. The molecule has 19 heavy (non-hydrogen) atoms. The Morgan fingerprint density at radius 3 is 2.63 bits per heavy atom. The van der Waals surface area contributed by atoms with Crippen molar-refractivity contribution in [3.63, 3.8) is 0 Å². The Bertz CT molecular complexity index is 308. The number of nitrogens with one attached hydrogen (secondary N) is 1. The molecule has 1 unspecified atom stereocenters. The lowest BCUT2D eigenvalue weighted by molar-refractivity contribution is 0.0287. The van der Waals surface area contributed by atoms with Crippen LogP contribution in [0.25, 0.3) is 0 Å². The maximum absolute atomic E-state index is 11.9. The topological polar surface area (TPSA) is 41.6 Å². The summed E-state index contributed by atoms with van der Waals surface area (Å²) in [6.45, 7) is 8.56. The van der Waals surface area contributed by atoms with Crippen LogP contribution in [0.15, 0.2) is 0 Å². The van der Waals surface area contributed by atoms with Crippen LogP contribution >= 0.6 is 0 Å². The van der Waals surface area contributed by atoms with Crippen LogP contribution in [0.4, 0.5) is 4.79 Å². The van der Waals surface area contributed by atoms with E-state index in [2.05, 4.69) is 5.32 Å². The summed E-state index contributed by atoms with van der Waals surface area (Å²) in [5.41, 5.74) is -0.388. The lowest BCUT2D eigenvalue weighted by Gasteiger charge is -2.27. The van der Waals surface area contributed by atoms with Crippen molar-refractivity contribution in [3.05, 3.63) is 0 Å². The van der Waals surface area contributed by atoms with Gasteiger partial charge in [0, 0.05) is 19.1 Å². The van der Waals surface area contributed by atoms with Crippen LogP contribution in [0.1, 0.15) is 52.9 Å². The molecule has 0 aromatic carbocycles. The number of amides is 1. The molecule has 0 aromatic rings. The van der Waals surface area contributed by atoms with Crippen molar-refractivity contribution in [2.24, 2.45) is 5.92 Å². The molecule has 1 heterocycles. The zero-order chi connectivity index (χ0) is 13.9. The van der Waals surface area contributed by atoms with Crippen molar-refractivity contribution in [2.75, 3.05) is 19.6 Å². The summed E-state index contributed by atoms with van der Waals surface area (Å²) in [6, 6.07) is 0.767. The second-order valence-electron chi connectivity index (χ2n) is 6.95. The third kappa shape index (κ3) is 4.68. The average molecular weight is 268 g/mol. The van der Waals surface area contributed by atoms with E-state index in [9.17, 15) is 4.79 Å². The average Bonchev–Trinajstić information content (AvgIpc) is 2.68. The zero-order valence-electron chi connectivity index (χ0n) is 12.6. The lowest BCUT2D eigenvalue weighted by atomic mass is 9.93. The number of rotatable bonds is 4. The van der Waals surface area contributed by atoms with Gasteiger partial charge in [0.15, 0.2) is 0 Å². The van der Waals surface area contributed by atoms with Crippen LogP contribution < -0.4 is 5.32 Å². The fourth-order valence-electron chi connectivity index (χ4n) is 2.66. The summed E-state index contributed by atoms with van der Waals surface area (Å²) >= 11 is 0. The summed E-state index contributed by atoms with van der Waals surface area (Å²) in [5.74, 6) is 0.639. The van der Waals surface area contributed by atoms with Crippen LogP contribution in [0.2, 0.25) is 0 Å². The predicted molar refractivity (Wildman–Crippen MR) is 76.2 cm³/mol. The Labute approximate surface area is 116 Å². The molecule has 1 aliphatic carbocycles. The zero-order valence-corrected chi connectivity index (χ0v) is 12.6. The third-order valence-electron chi connectivity index (χ3n) is 4.03. The number of likely N-dealkylation sites (tertiary alicyclic amines) is 1. The van der Waals surface area contributed by atoms with E-state index in [0.29, 0.717) is 5.92 Å². The molecule has 2 aliphatic rings. The van der Waals surface area contributed by atoms with Gasteiger partial charge in [-0.1, -0.05) is 6.42 Å². The first-order valence-corrected chi connectivity index (χ1v) is 7.65. The highest BCUT2D eigenvalue weighted by Gasteiger charge is 2.29. The molecular weight excluding hydrogens is 240 g/mol. The molecule has 1 saturated heterocycles. The van der Waals surface area contributed by atoms with Gasteiger partial charge in [0.2, 0.25) is 0 Å². The minimum atomic E-state index is -0.388. The second kappa shape index (κ2) is 6.12. The highest BCUT2D eigenvalue weighted by molar-refractivity contribution is 5.68. The van der Waals surface area contributed by atoms with E-state index in [-0.39, 0.29) is 11.7 Å². The Morgan fingerprint density at radius 2 is 2.05 bits per heavy atom. The Hall–Kier alpha value is -0.770. The van der Waals surface area contributed by atoms with Crippen LogP contribution in [0, 0.1) is 5.92 Å². The number of carbonyl (C=O) groups excluding carboxylic acids is 1. The number of hydrogen-bond donors (Lipinski definition) is 1. The third-order valence-corrected chi connectivity index (χ3v) is 4.03. The van der Waals surface area contributed by atoms with E-state index in [1.165, 1.54) is 25.7 Å². The SMILES string of the molecule is CC(C)(C)OC(=O)N1CCC(CCNC2CCC2)C1. The quantitative estimate of drug-likeness (QED) is 0.852. The highest BCUT2D eigenvalue weighted by atomic mass is 16.6. The molecule has 0 spiro atoms. The molecule has 2 rings (SSSR count). The number of ether oxygens (including phenoxy) is 1. The maximum Gasteiger partial charge on any atom is 0.410 e. The molecule has 0 radical (unpaired) electrons. The van der Waals surface area contributed by atoms with Crippen LogP contribution in [-0.2, 0) is 4.74 Å². The van der Waals surface area contributed by atoms with Crippen molar-refractivity contribution in [3.8, 4) is 0 Å². The fourth-order valence-corrected chi connectivity index (χ4v) is 2.66. The van der Waals surface area contributed by atoms with Gasteiger partial charge in [-0.25, -0.2) is 4.79 Å². The van der Waals surface area contributed by atoms with Crippen molar-refractivity contribution in [1.29, 1.82) is 0 Å². The smallest absolute Gasteiger partial charge is 0.410 e. The van der Waals surface area contributed by atoms with Crippen molar-refractivity contribution >= 4 is 6.09 Å². The standard InChI is InChI=1S/C15H28N2O2/c1-15(2,3)19-14(18)17-10-8-12(11-17)7-9-16-13-5-4-6-13/h12-13,16H,4-11H2,1-3H3. The van der Waals surface area contributed by atoms with Gasteiger partial charge in [0.1, 0.15) is 5.60 Å². The summed E-state index contributed by atoms with van der Waals surface area (Å²) < 4.78 is 5.41. The van der Waals surface area contributed by atoms with Crippen LogP contribution in [0.5, 0.6) is 0 Å². The summed E-state index contributed by atoms with van der Waals surface area (Å²) in [7, 11) is 0. The van der Waals surface area contributed by atoms with E-state index in [4.69, 9.17) is 4.74 Å². The van der Waals surface area contributed by atoms with E-state index in [1.807, 2.05) is 25.7 Å². The molecule has 1 saturated carbocycles. The first-order valence-electron chi connectivity index (χ1n) is 7.65. The van der Waals surface area contributed by atoms with Crippen LogP contribution in [-0.4, -0.2) is 42.3 Å². The van der Waals surface area contributed by atoms with Gasteiger partial charge in [-0.2, -0.15) is 0 Å². The molecule has 1 aliphatic heterocycles. The molecule has 0 aromatic heterocycles. The summed E-state index contributed by atoms with van der Waals surface area (Å²) in [4.78, 5) is 13.8. The first kappa shape index (κ1) is 14.6. The number of carbonyl (C=O) groups is 1. The molecular formula is C15H28N2O2. The minimum absolute atomic E-state index is 0.151.